The van der Waals surface area contributed by atoms with Gasteiger partial charge in [0.25, 0.3) is 5.91 Å². The van der Waals surface area contributed by atoms with Crippen molar-refractivity contribution in [2.24, 2.45) is 5.92 Å². The summed E-state index contributed by atoms with van der Waals surface area (Å²) in [6, 6.07) is 7.88. The molecule has 132 valence electrons. The van der Waals surface area contributed by atoms with E-state index in [2.05, 4.69) is 6.92 Å². The number of ether oxygens (including phenoxy) is 1. The van der Waals surface area contributed by atoms with Crippen LogP contribution in [0.5, 0.6) is 0 Å². The average Bonchev–Trinajstić information content (AvgIpc) is 2.57. The summed E-state index contributed by atoms with van der Waals surface area (Å²) in [5.41, 5.74) is 1.83. The van der Waals surface area contributed by atoms with Crippen LogP contribution in [-0.2, 0) is 9.53 Å². The molecule has 0 N–H and O–H groups in total. The molecule has 2 atom stereocenters. The second-order valence-corrected chi connectivity index (χ2v) is 6.75. The molecule has 1 amide bonds. The lowest BCUT2D eigenvalue weighted by Crippen LogP contribution is -2.46. The number of hydrogen-bond donors (Lipinski definition) is 0. The molecule has 1 fully saturated rings. The van der Waals surface area contributed by atoms with E-state index in [0.29, 0.717) is 24.6 Å². The quantitative estimate of drug-likeness (QED) is 0.741. The Hall–Kier alpha value is -1.84. The predicted octanol–water partition coefficient (Wildman–Crippen LogP) is 3.97. The second-order valence-electron chi connectivity index (χ2n) is 6.75. The fourth-order valence-electron chi connectivity index (χ4n) is 3.48. The molecule has 1 aliphatic carbocycles. The molecule has 1 aliphatic rings. The number of esters is 1. The van der Waals surface area contributed by atoms with Crippen LogP contribution in [0.4, 0.5) is 0 Å². The van der Waals surface area contributed by atoms with Gasteiger partial charge in [-0.2, -0.15) is 0 Å². The first-order chi connectivity index (χ1) is 11.5. The summed E-state index contributed by atoms with van der Waals surface area (Å²) >= 11 is 0. The molecule has 0 saturated heterocycles. The molecule has 0 heterocycles. The third-order valence-electron chi connectivity index (χ3n) is 4.89. The van der Waals surface area contributed by atoms with Gasteiger partial charge in [-0.15, -0.1) is 0 Å². The summed E-state index contributed by atoms with van der Waals surface area (Å²) in [6.45, 7) is 6.83. The van der Waals surface area contributed by atoms with Crippen molar-refractivity contribution in [2.75, 3.05) is 13.2 Å². The highest BCUT2D eigenvalue weighted by Crippen LogP contribution is 2.29. The van der Waals surface area contributed by atoms with Crippen LogP contribution in [0.3, 0.4) is 0 Å². The molecule has 0 bridgehead atoms. The van der Waals surface area contributed by atoms with Crippen LogP contribution in [0.25, 0.3) is 0 Å². The summed E-state index contributed by atoms with van der Waals surface area (Å²) in [6.07, 6.45) is 4.78. The number of carbonyl (C=O) groups excluding carboxylic acids is 2. The summed E-state index contributed by atoms with van der Waals surface area (Å²) in [7, 11) is 0. The number of rotatable bonds is 6. The molecule has 0 spiro atoms. The van der Waals surface area contributed by atoms with E-state index in [0.717, 1.165) is 24.8 Å². The third kappa shape index (κ3) is 4.83. The molecule has 4 nitrogen and oxygen atoms in total. The Kier molecular flexibility index (Phi) is 6.83. The van der Waals surface area contributed by atoms with Crippen LogP contribution in [0.2, 0.25) is 0 Å². The van der Waals surface area contributed by atoms with Crippen molar-refractivity contribution < 1.29 is 14.3 Å². The van der Waals surface area contributed by atoms with Gasteiger partial charge < -0.3 is 9.64 Å². The number of amides is 1. The van der Waals surface area contributed by atoms with E-state index in [1.54, 1.807) is 6.92 Å². The van der Waals surface area contributed by atoms with E-state index in [1.807, 2.05) is 36.1 Å². The van der Waals surface area contributed by atoms with Gasteiger partial charge in [0.1, 0.15) is 0 Å². The number of carbonyl (C=O) groups is 2. The van der Waals surface area contributed by atoms with Crippen molar-refractivity contribution in [3.63, 3.8) is 0 Å². The van der Waals surface area contributed by atoms with Crippen LogP contribution in [0.1, 0.15) is 61.9 Å². The first-order valence-electron chi connectivity index (χ1n) is 9.06. The summed E-state index contributed by atoms with van der Waals surface area (Å²) in [4.78, 5) is 26.7. The number of hydrogen-bond acceptors (Lipinski definition) is 3. The predicted molar refractivity (Wildman–Crippen MR) is 94.9 cm³/mol. The molecule has 1 saturated carbocycles. The zero-order valence-electron chi connectivity index (χ0n) is 15.1. The zero-order chi connectivity index (χ0) is 17.5. The molecule has 0 radical (unpaired) electrons. The van der Waals surface area contributed by atoms with Crippen molar-refractivity contribution in [3.05, 3.63) is 35.4 Å². The van der Waals surface area contributed by atoms with Gasteiger partial charge in [-0.3, -0.25) is 9.59 Å². The van der Waals surface area contributed by atoms with Crippen LogP contribution in [-0.4, -0.2) is 36.0 Å². The van der Waals surface area contributed by atoms with Crippen molar-refractivity contribution in [1.29, 1.82) is 0 Å². The number of benzene rings is 1. The Morgan fingerprint density at radius 1 is 1.17 bits per heavy atom. The summed E-state index contributed by atoms with van der Waals surface area (Å²) < 4.78 is 5.03. The fraction of sp³-hybridized carbons (Fsp3) is 0.600. The van der Waals surface area contributed by atoms with Gasteiger partial charge in [-0.1, -0.05) is 37.5 Å². The van der Waals surface area contributed by atoms with Gasteiger partial charge in [0, 0.05) is 18.2 Å². The first kappa shape index (κ1) is 18.5. The minimum absolute atomic E-state index is 0.0260. The monoisotopic (exact) mass is 331 g/mol. The average molecular weight is 331 g/mol. The Balaban J connectivity index is 2.15. The van der Waals surface area contributed by atoms with Gasteiger partial charge in [-0.05, 0) is 44.7 Å². The highest BCUT2D eigenvalue weighted by Gasteiger charge is 2.31. The van der Waals surface area contributed by atoms with E-state index < -0.39 is 0 Å². The molecule has 2 rings (SSSR count). The van der Waals surface area contributed by atoms with E-state index >= 15 is 0 Å². The van der Waals surface area contributed by atoms with Gasteiger partial charge in [-0.25, -0.2) is 0 Å². The molecule has 0 aromatic heterocycles. The molecule has 1 aromatic rings. The maximum Gasteiger partial charge on any atom is 0.307 e. The van der Waals surface area contributed by atoms with Crippen LogP contribution in [0.15, 0.2) is 24.3 Å². The van der Waals surface area contributed by atoms with Crippen molar-refractivity contribution >= 4 is 11.9 Å². The SMILES string of the molecule is CCOC(=O)CCN(C(=O)c1ccc(C)cc1)C1CCCCC1C. The topological polar surface area (TPSA) is 46.6 Å². The molecule has 4 heteroatoms. The molecule has 0 aliphatic heterocycles. The lowest BCUT2D eigenvalue weighted by molar-refractivity contribution is -0.143. The van der Waals surface area contributed by atoms with Gasteiger partial charge in [0.2, 0.25) is 0 Å². The number of aryl methyl sites for hydroxylation is 1. The Morgan fingerprint density at radius 2 is 1.83 bits per heavy atom. The largest absolute Gasteiger partial charge is 0.466 e. The zero-order valence-corrected chi connectivity index (χ0v) is 15.1. The minimum Gasteiger partial charge on any atom is -0.466 e. The maximum atomic E-state index is 13.0. The van der Waals surface area contributed by atoms with E-state index in [-0.39, 0.29) is 24.3 Å². The lowest BCUT2D eigenvalue weighted by Gasteiger charge is -2.38. The summed E-state index contributed by atoms with van der Waals surface area (Å²) in [5.74, 6) is 0.260. The second kappa shape index (κ2) is 8.86. The van der Waals surface area contributed by atoms with Gasteiger partial charge in [0.05, 0.1) is 13.0 Å². The minimum atomic E-state index is -0.234. The molecule has 2 unspecified atom stereocenters. The highest BCUT2D eigenvalue weighted by atomic mass is 16.5. The Labute approximate surface area is 145 Å². The first-order valence-corrected chi connectivity index (χ1v) is 9.06. The standard InChI is InChI=1S/C20H29NO3/c1-4-24-19(22)13-14-21(18-8-6-5-7-16(18)3)20(23)17-11-9-15(2)10-12-17/h9-12,16,18H,4-8,13-14H2,1-3H3. The van der Waals surface area contributed by atoms with Gasteiger partial charge in [0.15, 0.2) is 0 Å². The molecular weight excluding hydrogens is 302 g/mol. The van der Waals surface area contributed by atoms with Crippen molar-refractivity contribution in [1.82, 2.24) is 4.90 Å². The lowest BCUT2D eigenvalue weighted by atomic mass is 9.84. The fourth-order valence-corrected chi connectivity index (χ4v) is 3.48. The van der Waals surface area contributed by atoms with E-state index in [9.17, 15) is 9.59 Å². The third-order valence-corrected chi connectivity index (χ3v) is 4.89. The van der Waals surface area contributed by atoms with Crippen LogP contribution < -0.4 is 0 Å². The maximum absolute atomic E-state index is 13.0. The Bertz CT molecular complexity index is 553. The summed E-state index contributed by atoms with van der Waals surface area (Å²) in [5, 5.41) is 0. The molecular formula is C20H29NO3. The van der Waals surface area contributed by atoms with E-state index in [4.69, 9.17) is 4.74 Å². The van der Waals surface area contributed by atoms with E-state index in [1.165, 1.54) is 6.42 Å². The van der Waals surface area contributed by atoms with Gasteiger partial charge >= 0.3 is 5.97 Å². The number of nitrogens with zero attached hydrogens (tertiary/aromatic N) is 1. The van der Waals surface area contributed by atoms with Crippen molar-refractivity contribution in [2.45, 2.75) is 58.9 Å². The Morgan fingerprint density at radius 3 is 2.46 bits per heavy atom. The highest BCUT2D eigenvalue weighted by molar-refractivity contribution is 5.94. The molecule has 24 heavy (non-hydrogen) atoms. The van der Waals surface area contributed by atoms with Crippen LogP contribution >= 0.6 is 0 Å². The smallest absolute Gasteiger partial charge is 0.307 e. The van der Waals surface area contributed by atoms with Crippen molar-refractivity contribution in [3.8, 4) is 0 Å². The molecule has 1 aromatic carbocycles. The normalized spacial score (nSPS) is 20.5. The van der Waals surface area contributed by atoms with Crippen LogP contribution in [0, 0.1) is 12.8 Å².